The molecule has 1 aliphatic carbocycles. The summed E-state index contributed by atoms with van der Waals surface area (Å²) < 4.78 is 10.8. The van der Waals surface area contributed by atoms with E-state index >= 15 is 0 Å². The van der Waals surface area contributed by atoms with Crippen molar-refractivity contribution in [2.45, 2.75) is 44.8 Å². The summed E-state index contributed by atoms with van der Waals surface area (Å²) >= 11 is 0. The number of hydrogen-bond donors (Lipinski definition) is 0. The zero-order chi connectivity index (χ0) is 11.4. The van der Waals surface area contributed by atoms with Crippen LogP contribution in [0.3, 0.4) is 0 Å². The lowest BCUT2D eigenvalue weighted by molar-refractivity contribution is -0.150. The molecule has 2 rings (SSSR count). The SMILES string of the molecule is CCOC(=O)CN1CCO[C@H]2CCCC[C@@H]21. The minimum Gasteiger partial charge on any atom is -0.465 e. The maximum atomic E-state index is 11.5. The van der Waals surface area contributed by atoms with Gasteiger partial charge in [0.2, 0.25) is 0 Å². The van der Waals surface area contributed by atoms with Crippen LogP contribution in [0.4, 0.5) is 0 Å². The lowest BCUT2D eigenvalue weighted by atomic mass is 9.90. The highest BCUT2D eigenvalue weighted by atomic mass is 16.5. The molecule has 2 fully saturated rings. The first kappa shape index (κ1) is 11.9. The van der Waals surface area contributed by atoms with E-state index in [1.165, 1.54) is 12.8 Å². The second-order valence-electron chi connectivity index (χ2n) is 4.54. The summed E-state index contributed by atoms with van der Waals surface area (Å²) in [6.45, 7) is 4.36. The monoisotopic (exact) mass is 227 g/mol. The molecule has 0 amide bonds. The zero-order valence-corrected chi connectivity index (χ0v) is 9.98. The number of hydrogen-bond acceptors (Lipinski definition) is 4. The highest BCUT2D eigenvalue weighted by Gasteiger charge is 2.34. The molecule has 0 aromatic heterocycles. The van der Waals surface area contributed by atoms with Gasteiger partial charge in [-0.3, -0.25) is 9.69 Å². The van der Waals surface area contributed by atoms with Crippen molar-refractivity contribution in [3.8, 4) is 0 Å². The molecule has 4 heteroatoms. The number of nitrogens with zero attached hydrogens (tertiary/aromatic N) is 1. The van der Waals surface area contributed by atoms with Crippen LogP contribution in [-0.4, -0.2) is 49.3 Å². The first-order chi connectivity index (χ1) is 7.81. The van der Waals surface area contributed by atoms with Gasteiger partial charge in [0.15, 0.2) is 0 Å². The molecule has 2 aliphatic rings. The summed E-state index contributed by atoms with van der Waals surface area (Å²) in [6, 6.07) is 0.437. The molecule has 1 saturated carbocycles. The lowest BCUT2D eigenvalue weighted by Crippen LogP contribution is -2.54. The molecule has 0 N–H and O–H groups in total. The van der Waals surface area contributed by atoms with Gasteiger partial charge in [0, 0.05) is 12.6 Å². The van der Waals surface area contributed by atoms with Gasteiger partial charge in [-0.05, 0) is 19.8 Å². The highest BCUT2D eigenvalue weighted by Crippen LogP contribution is 2.28. The first-order valence-electron chi connectivity index (χ1n) is 6.32. The quantitative estimate of drug-likeness (QED) is 0.679. The van der Waals surface area contributed by atoms with Gasteiger partial charge < -0.3 is 9.47 Å². The summed E-state index contributed by atoms with van der Waals surface area (Å²) in [5.41, 5.74) is 0. The average Bonchev–Trinajstić information content (AvgIpc) is 2.30. The van der Waals surface area contributed by atoms with Crippen molar-refractivity contribution in [2.24, 2.45) is 0 Å². The van der Waals surface area contributed by atoms with Crippen molar-refractivity contribution < 1.29 is 14.3 Å². The number of esters is 1. The van der Waals surface area contributed by atoms with Crippen molar-refractivity contribution in [2.75, 3.05) is 26.3 Å². The second-order valence-corrected chi connectivity index (χ2v) is 4.54. The fraction of sp³-hybridized carbons (Fsp3) is 0.917. The minimum absolute atomic E-state index is 0.103. The van der Waals surface area contributed by atoms with E-state index in [0.29, 0.717) is 25.3 Å². The Balaban J connectivity index is 1.89. The maximum absolute atomic E-state index is 11.5. The van der Waals surface area contributed by atoms with Gasteiger partial charge in [0.05, 0.1) is 25.9 Å². The summed E-state index contributed by atoms with van der Waals surface area (Å²) in [6.07, 6.45) is 5.16. The van der Waals surface area contributed by atoms with Crippen LogP contribution in [0.15, 0.2) is 0 Å². The molecule has 2 atom stereocenters. The van der Waals surface area contributed by atoms with Gasteiger partial charge in [-0.1, -0.05) is 12.8 Å². The molecule has 0 aromatic rings. The van der Waals surface area contributed by atoms with E-state index in [1.807, 2.05) is 6.92 Å². The van der Waals surface area contributed by atoms with E-state index in [2.05, 4.69) is 4.90 Å². The van der Waals surface area contributed by atoms with Crippen molar-refractivity contribution in [1.82, 2.24) is 4.90 Å². The molecule has 0 unspecified atom stereocenters. The number of carbonyl (C=O) groups is 1. The summed E-state index contributed by atoms with van der Waals surface area (Å²) in [5, 5.41) is 0. The number of ether oxygens (including phenoxy) is 2. The Kier molecular flexibility index (Phi) is 4.18. The molecule has 16 heavy (non-hydrogen) atoms. The number of morpholine rings is 1. The number of rotatable bonds is 3. The van der Waals surface area contributed by atoms with Crippen LogP contribution in [0.25, 0.3) is 0 Å². The van der Waals surface area contributed by atoms with Crippen molar-refractivity contribution in [3.05, 3.63) is 0 Å². The predicted molar refractivity (Wildman–Crippen MR) is 60.2 cm³/mol. The Morgan fingerprint density at radius 1 is 1.44 bits per heavy atom. The summed E-state index contributed by atoms with van der Waals surface area (Å²) in [7, 11) is 0. The molecular weight excluding hydrogens is 206 g/mol. The molecule has 92 valence electrons. The predicted octanol–water partition coefficient (Wildman–Crippen LogP) is 1.19. The van der Waals surface area contributed by atoms with Crippen molar-refractivity contribution >= 4 is 5.97 Å². The molecule has 0 radical (unpaired) electrons. The smallest absolute Gasteiger partial charge is 0.320 e. The lowest BCUT2D eigenvalue weighted by Gasteiger charge is -2.43. The molecular formula is C12H21NO3. The van der Waals surface area contributed by atoms with E-state index < -0.39 is 0 Å². The third-order valence-electron chi connectivity index (χ3n) is 3.48. The highest BCUT2D eigenvalue weighted by molar-refractivity contribution is 5.71. The van der Waals surface area contributed by atoms with Gasteiger partial charge in [-0.25, -0.2) is 0 Å². The second kappa shape index (κ2) is 5.64. The summed E-state index contributed by atoms with van der Waals surface area (Å²) in [5.74, 6) is -0.103. The topological polar surface area (TPSA) is 38.8 Å². The molecule has 4 nitrogen and oxygen atoms in total. The molecule has 1 heterocycles. The van der Waals surface area contributed by atoms with Gasteiger partial charge in [0.25, 0.3) is 0 Å². The van der Waals surface area contributed by atoms with E-state index in [1.54, 1.807) is 0 Å². The zero-order valence-electron chi connectivity index (χ0n) is 9.98. The fourth-order valence-electron chi connectivity index (χ4n) is 2.75. The summed E-state index contributed by atoms with van der Waals surface area (Å²) in [4.78, 5) is 13.7. The van der Waals surface area contributed by atoms with Gasteiger partial charge in [0.1, 0.15) is 0 Å². The molecule has 0 bridgehead atoms. The third kappa shape index (κ3) is 2.74. The number of carbonyl (C=O) groups excluding carboxylic acids is 1. The number of fused-ring (bicyclic) bond motifs is 1. The van der Waals surface area contributed by atoms with Crippen LogP contribution in [-0.2, 0) is 14.3 Å². The van der Waals surface area contributed by atoms with Crippen LogP contribution in [0, 0.1) is 0 Å². The Morgan fingerprint density at radius 3 is 3.06 bits per heavy atom. The van der Waals surface area contributed by atoms with Gasteiger partial charge in [-0.15, -0.1) is 0 Å². The molecule has 1 aliphatic heterocycles. The van der Waals surface area contributed by atoms with Crippen LogP contribution in [0.1, 0.15) is 32.6 Å². The van der Waals surface area contributed by atoms with Crippen LogP contribution >= 0.6 is 0 Å². The van der Waals surface area contributed by atoms with Crippen LogP contribution in [0.2, 0.25) is 0 Å². The Bertz CT molecular complexity index is 242. The van der Waals surface area contributed by atoms with Crippen molar-refractivity contribution in [3.63, 3.8) is 0 Å². The maximum Gasteiger partial charge on any atom is 0.320 e. The fourth-order valence-corrected chi connectivity index (χ4v) is 2.75. The van der Waals surface area contributed by atoms with E-state index in [9.17, 15) is 4.79 Å². The van der Waals surface area contributed by atoms with Crippen LogP contribution < -0.4 is 0 Å². The van der Waals surface area contributed by atoms with Gasteiger partial charge in [-0.2, -0.15) is 0 Å². The average molecular weight is 227 g/mol. The largest absolute Gasteiger partial charge is 0.465 e. The van der Waals surface area contributed by atoms with E-state index in [4.69, 9.17) is 9.47 Å². The molecule has 0 aromatic carbocycles. The minimum atomic E-state index is -0.103. The third-order valence-corrected chi connectivity index (χ3v) is 3.48. The van der Waals surface area contributed by atoms with Crippen molar-refractivity contribution in [1.29, 1.82) is 0 Å². The standard InChI is InChI=1S/C12H21NO3/c1-2-15-12(14)9-13-7-8-16-11-6-4-3-5-10(11)13/h10-11H,2-9H2,1H3/t10-,11-/m0/s1. The van der Waals surface area contributed by atoms with E-state index in [-0.39, 0.29) is 5.97 Å². The Morgan fingerprint density at radius 2 is 2.25 bits per heavy atom. The van der Waals surface area contributed by atoms with Gasteiger partial charge >= 0.3 is 5.97 Å². The first-order valence-corrected chi connectivity index (χ1v) is 6.32. The molecule has 1 saturated heterocycles. The Hall–Kier alpha value is -0.610. The Labute approximate surface area is 96.9 Å². The van der Waals surface area contributed by atoms with Crippen LogP contribution in [0.5, 0.6) is 0 Å². The molecule has 0 spiro atoms. The van der Waals surface area contributed by atoms with E-state index in [0.717, 1.165) is 26.0 Å². The normalized spacial score (nSPS) is 30.8.